The number of rotatable bonds is 2. The summed E-state index contributed by atoms with van der Waals surface area (Å²) < 4.78 is 13.7. The number of nitrogens with zero attached hydrogens (tertiary/aromatic N) is 3. The van der Waals surface area contributed by atoms with Gasteiger partial charge in [0, 0.05) is 10.9 Å². The molecule has 0 bridgehead atoms. The molecule has 1 unspecified atom stereocenters. The zero-order valence-corrected chi connectivity index (χ0v) is 14.1. The lowest BCUT2D eigenvalue weighted by atomic mass is 9.99. The molecule has 4 aromatic rings. The molecule has 0 spiro atoms. The highest BCUT2D eigenvalue weighted by Gasteiger charge is 2.28. The Labute approximate surface area is 144 Å². The van der Waals surface area contributed by atoms with Crippen molar-refractivity contribution in [3.63, 3.8) is 0 Å². The molecule has 0 N–H and O–H groups in total. The van der Waals surface area contributed by atoms with Crippen LogP contribution in [0.25, 0.3) is 22.0 Å². The van der Waals surface area contributed by atoms with E-state index in [1.54, 1.807) is 0 Å². The van der Waals surface area contributed by atoms with E-state index in [4.69, 9.17) is 9.26 Å². The van der Waals surface area contributed by atoms with E-state index in [9.17, 15) is 0 Å². The Balaban J connectivity index is 1.75. The highest BCUT2D eigenvalue weighted by Crippen LogP contribution is 2.43. The van der Waals surface area contributed by atoms with Gasteiger partial charge in [0.25, 0.3) is 0 Å². The molecule has 1 aliphatic rings. The molecule has 5 heteroatoms. The van der Waals surface area contributed by atoms with Gasteiger partial charge in [-0.05, 0) is 25.5 Å². The lowest BCUT2D eigenvalue weighted by molar-refractivity contribution is 0.250. The summed E-state index contributed by atoms with van der Waals surface area (Å²) in [5.41, 5.74) is 5.10. The highest BCUT2D eigenvalue weighted by atomic mass is 16.5. The number of aryl methyl sites for hydroxylation is 2. The molecular weight excluding hydrogens is 314 g/mol. The fourth-order valence-electron chi connectivity index (χ4n) is 3.70. The maximum absolute atomic E-state index is 6.26. The van der Waals surface area contributed by atoms with E-state index in [2.05, 4.69) is 39.2 Å². The maximum atomic E-state index is 6.26. The first-order chi connectivity index (χ1) is 12.2. The summed E-state index contributed by atoms with van der Waals surface area (Å²) in [7, 11) is 0. The fraction of sp³-hybridized carbons (Fsp3) is 0.200. The van der Waals surface area contributed by atoms with Crippen LogP contribution < -0.4 is 4.74 Å². The molecular formula is C20H17N3O2. The summed E-state index contributed by atoms with van der Waals surface area (Å²) in [5, 5.41) is 9.81. The van der Waals surface area contributed by atoms with Crippen LogP contribution in [0.5, 0.6) is 5.75 Å². The average molecular weight is 331 g/mol. The third-order valence-corrected chi connectivity index (χ3v) is 4.88. The first-order valence-corrected chi connectivity index (χ1v) is 8.35. The number of hydrogen-bond donors (Lipinski definition) is 0. The molecule has 124 valence electrons. The Morgan fingerprint density at radius 2 is 1.92 bits per heavy atom. The van der Waals surface area contributed by atoms with Crippen molar-refractivity contribution in [2.24, 2.45) is 0 Å². The summed E-state index contributed by atoms with van der Waals surface area (Å²) in [6.07, 6.45) is 1.90. The molecule has 5 rings (SSSR count). The van der Waals surface area contributed by atoms with Crippen molar-refractivity contribution in [2.75, 3.05) is 6.61 Å². The predicted octanol–water partition coefficient (Wildman–Crippen LogP) is 4.29. The van der Waals surface area contributed by atoms with Crippen LogP contribution in [0.3, 0.4) is 0 Å². The number of benzene rings is 2. The van der Waals surface area contributed by atoms with Crippen LogP contribution in [-0.2, 0) is 0 Å². The molecule has 1 aliphatic heterocycles. The first-order valence-electron chi connectivity index (χ1n) is 8.35. The molecule has 2 aromatic carbocycles. The standard InChI is InChI=1S/C20H17N3O2/c1-12-18(13(2)25-22-12)16-9-8-15-10-21-23-17(11-24-20(16)19(15)23)14-6-4-3-5-7-14/h3-10,17H,11H2,1-2H3. The van der Waals surface area contributed by atoms with Gasteiger partial charge in [0.2, 0.25) is 0 Å². The second-order valence-electron chi connectivity index (χ2n) is 6.41. The van der Waals surface area contributed by atoms with Gasteiger partial charge in [0.15, 0.2) is 5.75 Å². The molecule has 0 aliphatic carbocycles. The minimum Gasteiger partial charge on any atom is -0.488 e. The van der Waals surface area contributed by atoms with E-state index in [0.717, 1.165) is 39.2 Å². The Hall–Kier alpha value is -3.08. The molecule has 3 heterocycles. The monoisotopic (exact) mass is 331 g/mol. The molecule has 25 heavy (non-hydrogen) atoms. The molecule has 2 aromatic heterocycles. The van der Waals surface area contributed by atoms with Gasteiger partial charge in [-0.25, -0.2) is 0 Å². The van der Waals surface area contributed by atoms with Crippen LogP contribution in [0.1, 0.15) is 23.1 Å². The maximum Gasteiger partial charge on any atom is 0.153 e. The average Bonchev–Trinajstić information content (AvgIpc) is 3.22. The van der Waals surface area contributed by atoms with Crippen molar-refractivity contribution in [1.29, 1.82) is 0 Å². The van der Waals surface area contributed by atoms with E-state index >= 15 is 0 Å². The topological polar surface area (TPSA) is 53.1 Å². The van der Waals surface area contributed by atoms with Crippen molar-refractivity contribution in [3.8, 4) is 16.9 Å². The fourth-order valence-corrected chi connectivity index (χ4v) is 3.70. The summed E-state index contributed by atoms with van der Waals surface area (Å²) in [4.78, 5) is 0. The van der Waals surface area contributed by atoms with E-state index in [1.807, 2.05) is 38.2 Å². The number of hydrogen-bond acceptors (Lipinski definition) is 4. The summed E-state index contributed by atoms with van der Waals surface area (Å²) >= 11 is 0. The minimum atomic E-state index is 0.0751. The normalized spacial score (nSPS) is 16.2. The van der Waals surface area contributed by atoms with Gasteiger partial charge in [-0.1, -0.05) is 41.6 Å². The lowest BCUT2D eigenvalue weighted by Gasteiger charge is -2.26. The summed E-state index contributed by atoms with van der Waals surface area (Å²) in [6.45, 7) is 4.43. The van der Waals surface area contributed by atoms with E-state index in [-0.39, 0.29) is 6.04 Å². The van der Waals surface area contributed by atoms with E-state index < -0.39 is 0 Å². The van der Waals surface area contributed by atoms with Gasteiger partial charge < -0.3 is 9.26 Å². The van der Waals surface area contributed by atoms with E-state index in [1.165, 1.54) is 5.56 Å². The van der Waals surface area contributed by atoms with Crippen molar-refractivity contribution in [2.45, 2.75) is 19.9 Å². The van der Waals surface area contributed by atoms with Crippen molar-refractivity contribution in [3.05, 3.63) is 65.7 Å². The van der Waals surface area contributed by atoms with E-state index in [0.29, 0.717) is 6.61 Å². The highest BCUT2D eigenvalue weighted by molar-refractivity contribution is 5.93. The quantitative estimate of drug-likeness (QED) is 0.550. The van der Waals surface area contributed by atoms with Crippen LogP contribution in [0.15, 0.2) is 53.2 Å². The SMILES string of the molecule is Cc1noc(C)c1-c1ccc2cnn3c2c1OCC3c1ccccc1. The zero-order valence-electron chi connectivity index (χ0n) is 14.1. The van der Waals surface area contributed by atoms with Gasteiger partial charge >= 0.3 is 0 Å². The van der Waals surface area contributed by atoms with Crippen LogP contribution >= 0.6 is 0 Å². The summed E-state index contributed by atoms with van der Waals surface area (Å²) in [6, 6.07) is 14.6. The lowest BCUT2D eigenvalue weighted by Crippen LogP contribution is -2.24. The van der Waals surface area contributed by atoms with Crippen molar-refractivity contribution >= 4 is 10.9 Å². The van der Waals surface area contributed by atoms with Crippen LogP contribution in [0, 0.1) is 13.8 Å². The number of ether oxygens (including phenoxy) is 1. The van der Waals surface area contributed by atoms with Crippen LogP contribution in [0.2, 0.25) is 0 Å². The molecule has 1 atom stereocenters. The second kappa shape index (κ2) is 5.21. The first kappa shape index (κ1) is 14.3. The van der Waals surface area contributed by atoms with Gasteiger partial charge in [-0.3, -0.25) is 4.68 Å². The Kier molecular flexibility index (Phi) is 2.98. The Bertz CT molecular complexity index is 1060. The van der Waals surface area contributed by atoms with Gasteiger partial charge in [-0.2, -0.15) is 5.10 Å². The minimum absolute atomic E-state index is 0.0751. The largest absolute Gasteiger partial charge is 0.488 e. The Morgan fingerprint density at radius 3 is 2.68 bits per heavy atom. The smallest absolute Gasteiger partial charge is 0.153 e. The molecule has 0 fully saturated rings. The third-order valence-electron chi connectivity index (χ3n) is 4.88. The Morgan fingerprint density at radius 1 is 1.08 bits per heavy atom. The third kappa shape index (κ3) is 2.02. The van der Waals surface area contributed by atoms with Crippen molar-refractivity contribution < 1.29 is 9.26 Å². The van der Waals surface area contributed by atoms with Crippen LogP contribution in [-0.4, -0.2) is 21.5 Å². The van der Waals surface area contributed by atoms with Gasteiger partial charge in [-0.15, -0.1) is 0 Å². The second-order valence-corrected chi connectivity index (χ2v) is 6.41. The molecule has 5 nitrogen and oxygen atoms in total. The molecule has 0 amide bonds. The zero-order chi connectivity index (χ0) is 17.0. The summed E-state index contributed by atoms with van der Waals surface area (Å²) in [5.74, 6) is 1.66. The molecule has 0 radical (unpaired) electrons. The van der Waals surface area contributed by atoms with Gasteiger partial charge in [0.05, 0.1) is 17.5 Å². The predicted molar refractivity (Wildman–Crippen MR) is 94.8 cm³/mol. The van der Waals surface area contributed by atoms with Crippen molar-refractivity contribution in [1.82, 2.24) is 14.9 Å². The van der Waals surface area contributed by atoms with Crippen LogP contribution in [0.4, 0.5) is 0 Å². The molecule has 0 saturated heterocycles. The van der Waals surface area contributed by atoms with Gasteiger partial charge in [0.1, 0.15) is 23.9 Å². The molecule has 0 saturated carbocycles. The number of aromatic nitrogens is 3.